The number of ether oxygens (including phenoxy) is 1. The third-order valence-electron chi connectivity index (χ3n) is 3.72. The van der Waals surface area contributed by atoms with Gasteiger partial charge in [-0.25, -0.2) is 4.98 Å². The molecule has 9 heteroatoms. The highest BCUT2D eigenvalue weighted by Gasteiger charge is 2.31. The first-order chi connectivity index (χ1) is 12.3. The van der Waals surface area contributed by atoms with Crippen molar-refractivity contribution in [1.29, 1.82) is 0 Å². The topological polar surface area (TPSA) is 51.2 Å². The zero-order valence-electron chi connectivity index (χ0n) is 13.3. The molecule has 2 heterocycles. The van der Waals surface area contributed by atoms with E-state index in [1.54, 1.807) is 17.8 Å². The quantitative estimate of drug-likeness (QED) is 0.791. The van der Waals surface area contributed by atoms with Crippen LogP contribution in [0.2, 0.25) is 5.02 Å². The van der Waals surface area contributed by atoms with Crippen LogP contribution in [-0.4, -0.2) is 28.5 Å². The number of aromatic nitrogens is 1. The normalized spacial score (nSPS) is 17.2. The van der Waals surface area contributed by atoms with Crippen molar-refractivity contribution < 1.29 is 22.7 Å². The summed E-state index contributed by atoms with van der Waals surface area (Å²) < 4.78 is 44.1. The first-order valence-corrected chi connectivity index (χ1v) is 9.25. The molecule has 1 aliphatic rings. The van der Waals surface area contributed by atoms with Crippen molar-refractivity contribution in [3.05, 3.63) is 52.7 Å². The molecule has 0 unspecified atom stereocenters. The molecule has 1 saturated heterocycles. The molecule has 1 N–H and O–H groups in total. The minimum absolute atomic E-state index is 0.0120. The van der Waals surface area contributed by atoms with Crippen LogP contribution < -0.4 is 10.1 Å². The molecule has 0 bridgehead atoms. The van der Waals surface area contributed by atoms with Gasteiger partial charge in [0.1, 0.15) is 6.10 Å². The molecular formula is C17H14ClF3N2O2S. The highest BCUT2D eigenvalue weighted by Crippen LogP contribution is 2.34. The average molecular weight is 403 g/mol. The van der Waals surface area contributed by atoms with Gasteiger partial charge in [-0.15, -0.1) is 0 Å². The fourth-order valence-electron chi connectivity index (χ4n) is 2.35. The van der Waals surface area contributed by atoms with Crippen molar-refractivity contribution in [1.82, 2.24) is 4.98 Å². The van der Waals surface area contributed by atoms with E-state index in [-0.39, 0.29) is 22.4 Å². The second-order valence-electron chi connectivity index (χ2n) is 5.64. The predicted molar refractivity (Wildman–Crippen MR) is 95.0 cm³/mol. The second-order valence-corrected chi connectivity index (χ2v) is 7.19. The van der Waals surface area contributed by atoms with E-state index in [9.17, 15) is 18.0 Å². The number of amides is 1. The van der Waals surface area contributed by atoms with Crippen molar-refractivity contribution >= 4 is 35.0 Å². The van der Waals surface area contributed by atoms with Gasteiger partial charge >= 0.3 is 6.18 Å². The summed E-state index contributed by atoms with van der Waals surface area (Å²) in [5.41, 5.74) is -0.824. The lowest BCUT2D eigenvalue weighted by Crippen LogP contribution is -2.16. The number of rotatable bonds is 4. The van der Waals surface area contributed by atoms with Gasteiger partial charge in [-0.1, -0.05) is 11.6 Å². The number of hydrogen-bond donors (Lipinski definition) is 1. The van der Waals surface area contributed by atoms with Crippen molar-refractivity contribution in [2.45, 2.75) is 18.7 Å². The van der Waals surface area contributed by atoms with E-state index < -0.39 is 17.6 Å². The summed E-state index contributed by atoms with van der Waals surface area (Å²) in [6, 6.07) is 5.80. The van der Waals surface area contributed by atoms with E-state index in [1.807, 2.05) is 0 Å². The standard InChI is InChI=1S/C17H14ClF3N2O2S/c18-13-3-2-11(17(19,20)21)7-14(13)23-16(24)10-1-4-15(22-8-10)25-12-5-6-26-9-12/h1-4,7-8,12H,5-6,9H2,(H,23,24)/t12-/m0/s1. The lowest BCUT2D eigenvalue weighted by molar-refractivity contribution is -0.137. The molecule has 0 spiro atoms. The van der Waals surface area contributed by atoms with Crippen LogP contribution in [-0.2, 0) is 6.18 Å². The SMILES string of the molecule is O=C(Nc1cc(C(F)(F)F)ccc1Cl)c1ccc(O[C@H]2CCSC2)nc1. The van der Waals surface area contributed by atoms with Crippen LogP contribution in [0.5, 0.6) is 5.88 Å². The maximum Gasteiger partial charge on any atom is 0.416 e. The number of carbonyl (C=O) groups is 1. The van der Waals surface area contributed by atoms with Crippen molar-refractivity contribution in [3.8, 4) is 5.88 Å². The molecule has 3 rings (SSSR count). The fourth-order valence-corrected chi connectivity index (χ4v) is 3.61. The number of anilines is 1. The molecule has 1 fully saturated rings. The highest BCUT2D eigenvalue weighted by molar-refractivity contribution is 7.99. The summed E-state index contributed by atoms with van der Waals surface area (Å²) in [4.78, 5) is 16.3. The molecule has 138 valence electrons. The number of nitrogens with zero attached hydrogens (tertiary/aromatic N) is 1. The molecule has 0 saturated carbocycles. The van der Waals surface area contributed by atoms with Crippen LogP contribution >= 0.6 is 23.4 Å². The molecule has 2 aromatic rings. The van der Waals surface area contributed by atoms with Gasteiger partial charge in [0.05, 0.1) is 21.8 Å². The lowest BCUT2D eigenvalue weighted by atomic mass is 10.2. The van der Waals surface area contributed by atoms with E-state index in [2.05, 4.69) is 10.3 Å². The van der Waals surface area contributed by atoms with Gasteiger partial charge < -0.3 is 10.1 Å². The molecule has 1 aliphatic heterocycles. The number of hydrogen-bond acceptors (Lipinski definition) is 4. The summed E-state index contributed by atoms with van der Waals surface area (Å²) in [6.45, 7) is 0. The van der Waals surface area contributed by atoms with Gasteiger partial charge in [-0.3, -0.25) is 4.79 Å². The largest absolute Gasteiger partial charge is 0.473 e. The Morgan fingerprint density at radius 1 is 1.31 bits per heavy atom. The van der Waals surface area contributed by atoms with Gasteiger partial charge in [-0.2, -0.15) is 24.9 Å². The van der Waals surface area contributed by atoms with Crippen molar-refractivity contribution in [2.24, 2.45) is 0 Å². The van der Waals surface area contributed by atoms with Gasteiger partial charge in [0, 0.05) is 18.0 Å². The Hall–Kier alpha value is -1.93. The van der Waals surface area contributed by atoms with Gasteiger partial charge in [0.2, 0.25) is 5.88 Å². The first kappa shape index (κ1) is 18.8. The Labute approximate surface area is 157 Å². The lowest BCUT2D eigenvalue weighted by Gasteiger charge is -2.13. The first-order valence-electron chi connectivity index (χ1n) is 7.71. The molecule has 0 aliphatic carbocycles. The number of thioether (sulfide) groups is 1. The number of halogens is 4. The van der Waals surface area contributed by atoms with Crippen molar-refractivity contribution in [3.63, 3.8) is 0 Å². The van der Waals surface area contributed by atoms with Crippen LogP contribution in [0.15, 0.2) is 36.5 Å². The van der Waals surface area contributed by atoms with E-state index in [4.69, 9.17) is 16.3 Å². The Bertz CT molecular complexity index is 794. The highest BCUT2D eigenvalue weighted by atomic mass is 35.5. The minimum Gasteiger partial charge on any atom is -0.473 e. The monoisotopic (exact) mass is 402 g/mol. The molecule has 1 aromatic carbocycles. The number of carbonyl (C=O) groups excluding carboxylic acids is 1. The van der Waals surface area contributed by atoms with E-state index in [0.29, 0.717) is 5.88 Å². The second kappa shape index (κ2) is 7.75. The maximum atomic E-state index is 12.8. The zero-order valence-corrected chi connectivity index (χ0v) is 14.9. The Morgan fingerprint density at radius 2 is 2.12 bits per heavy atom. The Kier molecular flexibility index (Phi) is 5.62. The molecule has 26 heavy (non-hydrogen) atoms. The molecule has 1 atom stereocenters. The number of pyridine rings is 1. The Morgan fingerprint density at radius 3 is 2.73 bits per heavy atom. The fraction of sp³-hybridized carbons (Fsp3) is 0.294. The molecule has 4 nitrogen and oxygen atoms in total. The van der Waals surface area contributed by atoms with E-state index >= 15 is 0 Å². The third kappa shape index (κ3) is 4.62. The molecule has 0 radical (unpaired) electrons. The van der Waals surface area contributed by atoms with Gasteiger partial charge in [0.15, 0.2) is 0 Å². The number of alkyl halides is 3. The van der Waals surface area contributed by atoms with Gasteiger partial charge in [-0.05, 0) is 36.4 Å². The van der Waals surface area contributed by atoms with Crippen LogP contribution in [0, 0.1) is 0 Å². The number of nitrogens with one attached hydrogen (secondary N) is 1. The number of benzene rings is 1. The predicted octanol–water partition coefficient (Wildman–Crippen LogP) is 4.89. The van der Waals surface area contributed by atoms with Crippen LogP contribution in [0.1, 0.15) is 22.3 Å². The van der Waals surface area contributed by atoms with E-state index in [0.717, 1.165) is 36.1 Å². The summed E-state index contributed by atoms with van der Waals surface area (Å²) in [7, 11) is 0. The zero-order chi connectivity index (χ0) is 18.7. The maximum absolute atomic E-state index is 12.8. The third-order valence-corrected chi connectivity index (χ3v) is 5.18. The van der Waals surface area contributed by atoms with Crippen LogP contribution in [0.4, 0.5) is 18.9 Å². The molecule has 1 aromatic heterocycles. The molecular weight excluding hydrogens is 389 g/mol. The summed E-state index contributed by atoms with van der Waals surface area (Å²) >= 11 is 7.68. The summed E-state index contributed by atoms with van der Waals surface area (Å²) in [6.07, 6.45) is -2.16. The van der Waals surface area contributed by atoms with Crippen LogP contribution in [0.3, 0.4) is 0 Å². The van der Waals surface area contributed by atoms with E-state index in [1.165, 1.54) is 12.3 Å². The van der Waals surface area contributed by atoms with Crippen LogP contribution in [0.25, 0.3) is 0 Å². The average Bonchev–Trinajstić information content (AvgIpc) is 3.09. The summed E-state index contributed by atoms with van der Waals surface area (Å²) in [5, 5.41) is 2.39. The minimum atomic E-state index is -4.52. The van der Waals surface area contributed by atoms with Crippen molar-refractivity contribution in [2.75, 3.05) is 16.8 Å². The molecule has 1 amide bonds. The smallest absolute Gasteiger partial charge is 0.416 e. The van der Waals surface area contributed by atoms with Gasteiger partial charge in [0.25, 0.3) is 5.91 Å². The summed E-state index contributed by atoms with van der Waals surface area (Å²) in [5.74, 6) is 1.74. The Balaban J connectivity index is 1.69.